The molecule has 0 bridgehead atoms. The number of aliphatic carboxylic acids is 1. The van der Waals surface area contributed by atoms with Gasteiger partial charge >= 0.3 is 5.97 Å². The summed E-state index contributed by atoms with van der Waals surface area (Å²) in [6.07, 6.45) is -5.78. The molecule has 0 saturated carbocycles. The Morgan fingerprint density at radius 3 is 2.33 bits per heavy atom. The van der Waals surface area contributed by atoms with Gasteiger partial charge in [0.05, 0.1) is 6.10 Å². The number of aliphatic hydroxyl groups excluding tert-OH is 3. The minimum atomic E-state index is -1.63. The van der Waals surface area contributed by atoms with Gasteiger partial charge in [-0.2, -0.15) is 0 Å². The fourth-order valence-electron chi connectivity index (χ4n) is 1.01. The Balaban J connectivity index is 2.59. The normalized spacial score (nSPS) is 42.6. The minimum absolute atomic E-state index is 0.215. The molecule has 0 aromatic rings. The SMILES string of the molecule is O=C(O)[C@H]1C[C@@H](O)[C@H](O)[C@@H](O)O1. The van der Waals surface area contributed by atoms with Crippen LogP contribution in [0.2, 0.25) is 0 Å². The molecule has 12 heavy (non-hydrogen) atoms. The first-order chi connectivity index (χ1) is 5.52. The zero-order chi connectivity index (χ0) is 9.30. The van der Waals surface area contributed by atoms with Crippen molar-refractivity contribution < 1.29 is 30.0 Å². The van der Waals surface area contributed by atoms with Crippen molar-refractivity contribution in [1.82, 2.24) is 0 Å². The van der Waals surface area contributed by atoms with Gasteiger partial charge in [-0.1, -0.05) is 0 Å². The average Bonchev–Trinajstić information content (AvgIpc) is 1.99. The van der Waals surface area contributed by atoms with Crippen molar-refractivity contribution >= 4 is 5.97 Å². The summed E-state index contributed by atoms with van der Waals surface area (Å²) in [6.45, 7) is 0. The number of rotatable bonds is 1. The molecule has 0 aliphatic carbocycles. The maximum atomic E-state index is 10.3. The molecule has 1 aliphatic heterocycles. The van der Waals surface area contributed by atoms with Crippen LogP contribution in [0.15, 0.2) is 0 Å². The van der Waals surface area contributed by atoms with E-state index in [2.05, 4.69) is 4.74 Å². The largest absolute Gasteiger partial charge is 0.479 e. The van der Waals surface area contributed by atoms with Crippen LogP contribution in [0.25, 0.3) is 0 Å². The molecule has 0 amide bonds. The van der Waals surface area contributed by atoms with E-state index in [1.54, 1.807) is 0 Å². The fourth-order valence-corrected chi connectivity index (χ4v) is 1.01. The van der Waals surface area contributed by atoms with Crippen LogP contribution in [-0.4, -0.2) is 51.0 Å². The summed E-state index contributed by atoms with van der Waals surface area (Å²) in [6, 6.07) is 0. The van der Waals surface area contributed by atoms with Crippen molar-refractivity contribution in [2.75, 3.05) is 0 Å². The maximum Gasteiger partial charge on any atom is 0.333 e. The van der Waals surface area contributed by atoms with E-state index in [0.29, 0.717) is 0 Å². The first-order valence-electron chi connectivity index (χ1n) is 3.45. The van der Waals surface area contributed by atoms with E-state index < -0.39 is 30.6 Å². The van der Waals surface area contributed by atoms with Crippen LogP contribution in [-0.2, 0) is 9.53 Å². The molecule has 0 aromatic heterocycles. The number of hydrogen-bond acceptors (Lipinski definition) is 5. The van der Waals surface area contributed by atoms with E-state index in [9.17, 15) is 4.79 Å². The lowest BCUT2D eigenvalue weighted by Gasteiger charge is -2.32. The van der Waals surface area contributed by atoms with E-state index in [1.807, 2.05) is 0 Å². The van der Waals surface area contributed by atoms with E-state index >= 15 is 0 Å². The molecule has 1 aliphatic rings. The Hall–Kier alpha value is -0.690. The molecule has 6 nitrogen and oxygen atoms in total. The highest BCUT2D eigenvalue weighted by atomic mass is 16.6. The van der Waals surface area contributed by atoms with Crippen molar-refractivity contribution in [2.24, 2.45) is 0 Å². The highest BCUT2D eigenvalue weighted by Gasteiger charge is 2.38. The summed E-state index contributed by atoms with van der Waals surface area (Å²) in [5, 5.41) is 35.2. The number of carbonyl (C=O) groups is 1. The highest BCUT2D eigenvalue weighted by molar-refractivity contribution is 5.72. The summed E-state index contributed by atoms with van der Waals surface area (Å²) in [5.41, 5.74) is 0. The van der Waals surface area contributed by atoms with Gasteiger partial charge < -0.3 is 25.2 Å². The van der Waals surface area contributed by atoms with Crippen LogP contribution in [0.5, 0.6) is 0 Å². The van der Waals surface area contributed by atoms with Gasteiger partial charge in [0, 0.05) is 6.42 Å². The zero-order valence-electron chi connectivity index (χ0n) is 6.12. The van der Waals surface area contributed by atoms with Gasteiger partial charge in [0.15, 0.2) is 12.4 Å². The summed E-state index contributed by atoms with van der Waals surface area (Å²) in [5.74, 6) is -1.26. The number of ether oxygens (including phenoxy) is 1. The van der Waals surface area contributed by atoms with Crippen molar-refractivity contribution in [1.29, 1.82) is 0 Å². The minimum Gasteiger partial charge on any atom is -0.479 e. The van der Waals surface area contributed by atoms with E-state index in [0.717, 1.165) is 0 Å². The van der Waals surface area contributed by atoms with E-state index in [1.165, 1.54) is 0 Å². The van der Waals surface area contributed by atoms with Gasteiger partial charge in [-0.25, -0.2) is 4.79 Å². The van der Waals surface area contributed by atoms with Gasteiger partial charge in [-0.15, -0.1) is 0 Å². The molecule has 1 heterocycles. The summed E-state index contributed by atoms with van der Waals surface area (Å²) >= 11 is 0. The van der Waals surface area contributed by atoms with Gasteiger partial charge in [0.1, 0.15) is 6.10 Å². The molecule has 0 aromatic carbocycles. The Kier molecular flexibility index (Phi) is 2.63. The van der Waals surface area contributed by atoms with Crippen LogP contribution in [0.1, 0.15) is 6.42 Å². The number of carboxylic acid groups (broad SMARTS) is 1. The van der Waals surface area contributed by atoms with E-state index in [-0.39, 0.29) is 6.42 Å². The standard InChI is InChI=1S/C6H10O6/c7-2-1-3(5(9)10)12-6(11)4(2)8/h2-4,6-8,11H,1H2,(H,9,10)/t2-,3-,4+,6+/m1/s1. The number of hydrogen-bond donors (Lipinski definition) is 4. The molecular formula is C6H10O6. The molecule has 6 heteroatoms. The molecule has 1 rings (SSSR count). The topological polar surface area (TPSA) is 107 Å². The molecular weight excluding hydrogens is 168 g/mol. The van der Waals surface area contributed by atoms with Crippen LogP contribution in [0.3, 0.4) is 0 Å². The Bertz CT molecular complexity index is 169. The molecule has 1 saturated heterocycles. The van der Waals surface area contributed by atoms with Crippen molar-refractivity contribution in [3.8, 4) is 0 Å². The van der Waals surface area contributed by atoms with Crippen LogP contribution in [0.4, 0.5) is 0 Å². The lowest BCUT2D eigenvalue weighted by molar-refractivity contribution is -0.248. The van der Waals surface area contributed by atoms with Crippen LogP contribution < -0.4 is 0 Å². The Morgan fingerprint density at radius 1 is 1.33 bits per heavy atom. The second-order valence-corrected chi connectivity index (χ2v) is 2.65. The molecule has 0 spiro atoms. The monoisotopic (exact) mass is 178 g/mol. The average molecular weight is 178 g/mol. The zero-order valence-corrected chi connectivity index (χ0v) is 6.12. The first-order valence-corrected chi connectivity index (χ1v) is 3.45. The van der Waals surface area contributed by atoms with E-state index in [4.69, 9.17) is 20.4 Å². The van der Waals surface area contributed by atoms with Gasteiger partial charge in [0.2, 0.25) is 0 Å². The second-order valence-electron chi connectivity index (χ2n) is 2.65. The summed E-state index contributed by atoms with van der Waals surface area (Å²) in [4.78, 5) is 10.3. The Labute approximate surface area is 68.0 Å². The third kappa shape index (κ3) is 1.72. The summed E-state index contributed by atoms with van der Waals surface area (Å²) < 4.78 is 4.48. The molecule has 0 radical (unpaired) electrons. The van der Waals surface area contributed by atoms with Crippen molar-refractivity contribution in [3.63, 3.8) is 0 Å². The molecule has 4 N–H and O–H groups in total. The maximum absolute atomic E-state index is 10.3. The van der Waals surface area contributed by atoms with Crippen LogP contribution in [0, 0.1) is 0 Å². The van der Waals surface area contributed by atoms with Gasteiger partial charge in [0.25, 0.3) is 0 Å². The third-order valence-corrected chi connectivity index (χ3v) is 1.72. The predicted octanol–water partition coefficient (Wildman–Crippen LogP) is -2.10. The first kappa shape index (κ1) is 9.40. The van der Waals surface area contributed by atoms with Crippen molar-refractivity contribution in [3.05, 3.63) is 0 Å². The lowest BCUT2D eigenvalue weighted by atomic mass is 10.0. The Morgan fingerprint density at radius 2 is 1.92 bits per heavy atom. The lowest BCUT2D eigenvalue weighted by Crippen LogP contribution is -2.50. The molecule has 70 valence electrons. The van der Waals surface area contributed by atoms with Crippen LogP contribution >= 0.6 is 0 Å². The highest BCUT2D eigenvalue weighted by Crippen LogP contribution is 2.18. The quantitative estimate of drug-likeness (QED) is 0.366. The molecule has 4 atom stereocenters. The summed E-state index contributed by atoms with van der Waals surface area (Å²) in [7, 11) is 0. The second kappa shape index (κ2) is 3.36. The molecule has 0 unspecified atom stereocenters. The smallest absolute Gasteiger partial charge is 0.333 e. The third-order valence-electron chi connectivity index (χ3n) is 1.72. The van der Waals surface area contributed by atoms with Crippen molar-refractivity contribution in [2.45, 2.75) is 31.0 Å². The van der Waals surface area contributed by atoms with Gasteiger partial charge in [-0.3, -0.25) is 0 Å². The predicted molar refractivity (Wildman–Crippen MR) is 35.1 cm³/mol. The fraction of sp³-hybridized carbons (Fsp3) is 0.833. The number of carboxylic acids is 1. The van der Waals surface area contributed by atoms with Gasteiger partial charge in [-0.05, 0) is 0 Å². The molecule has 1 fully saturated rings. The number of aliphatic hydroxyl groups is 3.